The lowest BCUT2D eigenvalue weighted by molar-refractivity contribution is 0.381. The van der Waals surface area contributed by atoms with E-state index in [9.17, 15) is 0 Å². The number of ether oxygens (including phenoxy) is 1. The minimum absolute atomic E-state index is 0.0709. The third-order valence-corrected chi connectivity index (χ3v) is 3.08. The highest BCUT2D eigenvalue weighted by atomic mass is 16.5. The zero-order valence-electron chi connectivity index (χ0n) is 11.4. The average molecular weight is 261 g/mol. The molecule has 2 aromatic rings. The second kappa shape index (κ2) is 5.81. The van der Waals surface area contributed by atoms with E-state index in [1.807, 2.05) is 36.9 Å². The van der Waals surface area contributed by atoms with Crippen LogP contribution in [0.15, 0.2) is 24.4 Å². The molecule has 0 radical (unpaired) electrons. The van der Waals surface area contributed by atoms with Crippen LogP contribution in [0, 0.1) is 6.92 Å². The number of pyridine rings is 1. The van der Waals surface area contributed by atoms with Crippen molar-refractivity contribution in [1.82, 2.24) is 20.2 Å². The fraction of sp³-hybridized carbons (Fsp3) is 0.385. The van der Waals surface area contributed by atoms with E-state index >= 15 is 0 Å². The Balaban J connectivity index is 2.27. The molecule has 0 aliphatic carbocycles. The molecule has 6 heteroatoms. The SMILES string of the molecule is COc1ncccc1C(Cc1cc(C)nn1C)NN. The maximum Gasteiger partial charge on any atom is 0.217 e. The molecule has 0 saturated carbocycles. The van der Waals surface area contributed by atoms with Crippen molar-refractivity contribution < 1.29 is 4.74 Å². The van der Waals surface area contributed by atoms with Crippen molar-refractivity contribution in [2.24, 2.45) is 12.9 Å². The van der Waals surface area contributed by atoms with Gasteiger partial charge >= 0.3 is 0 Å². The fourth-order valence-electron chi connectivity index (χ4n) is 2.16. The Hall–Kier alpha value is -1.92. The van der Waals surface area contributed by atoms with Gasteiger partial charge in [-0.1, -0.05) is 6.07 Å². The van der Waals surface area contributed by atoms with E-state index in [1.165, 1.54) is 0 Å². The van der Waals surface area contributed by atoms with Crippen molar-refractivity contribution in [3.63, 3.8) is 0 Å². The summed E-state index contributed by atoms with van der Waals surface area (Å²) >= 11 is 0. The number of nitrogens with one attached hydrogen (secondary N) is 1. The summed E-state index contributed by atoms with van der Waals surface area (Å²) in [5, 5.41) is 4.34. The topological polar surface area (TPSA) is 78.0 Å². The van der Waals surface area contributed by atoms with Crippen LogP contribution in [0.1, 0.15) is 23.0 Å². The smallest absolute Gasteiger partial charge is 0.217 e. The molecule has 0 bridgehead atoms. The van der Waals surface area contributed by atoms with Crippen molar-refractivity contribution in [2.75, 3.05) is 7.11 Å². The minimum atomic E-state index is -0.0709. The van der Waals surface area contributed by atoms with Crippen molar-refractivity contribution in [1.29, 1.82) is 0 Å². The molecule has 19 heavy (non-hydrogen) atoms. The number of rotatable bonds is 5. The van der Waals surface area contributed by atoms with Crippen molar-refractivity contribution in [3.8, 4) is 5.88 Å². The van der Waals surface area contributed by atoms with Gasteiger partial charge in [-0.25, -0.2) is 4.98 Å². The molecule has 0 aromatic carbocycles. The Labute approximate surface area is 112 Å². The highest BCUT2D eigenvalue weighted by Gasteiger charge is 2.17. The van der Waals surface area contributed by atoms with Gasteiger partial charge in [0.15, 0.2) is 0 Å². The summed E-state index contributed by atoms with van der Waals surface area (Å²) in [4.78, 5) is 4.20. The van der Waals surface area contributed by atoms with Crippen molar-refractivity contribution in [2.45, 2.75) is 19.4 Å². The molecule has 1 atom stereocenters. The summed E-state index contributed by atoms with van der Waals surface area (Å²) < 4.78 is 7.14. The zero-order chi connectivity index (χ0) is 13.8. The molecule has 0 spiro atoms. The van der Waals surface area contributed by atoms with Crippen LogP contribution in [-0.2, 0) is 13.5 Å². The first kappa shape index (κ1) is 13.5. The number of aromatic nitrogens is 3. The molecule has 0 amide bonds. The van der Waals surface area contributed by atoms with Gasteiger partial charge in [-0.05, 0) is 19.1 Å². The quantitative estimate of drug-likeness (QED) is 0.617. The van der Waals surface area contributed by atoms with E-state index in [2.05, 4.69) is 15.5 Å². The number of hydrazine groups is 1. The molecule has 0 saturated heterocycles. The predicted octanol–water partition coefficient (Wildman–Crippen LogP) is 0.879. The first-order valence-corrected chi connectivity index (χ1v) is 6.10. The van der Waals surface area contributed by atoms with Crippen LogP contribution in [0.2, 0.25) is 0 Å². The Morgan fingerprint density at radius 3 is 2.89 bits per heavy atom. The zero-order valence-corrected chi connectivity index (χ0v) is 11.4. The molecule has 3 N–H and O–H groups in total. The monoisotopic (exact) mass is 261 g/mol. The molecule has 1 unspecified atom stereocenters. The lowest BCUT2D eigenvalue weighted by Gasteiger charge is -2.18. The van der Waals surface area contributed by atoms with Crippen LogP contribution in [0.5, 0.6) is 5.88 Å². The van der Waals surface area contributed by atoms with Gasteiger partial charge in [0.25, 0.3) is 0 Å². The number of hydrogen-bond acceptors (Lipinski definition) is 5. The highest BCUT2D eigenvalue weighted by Crippen LogP contribution is 2.24. The summed E-state index contributed by atoms with van der Waals surface area (Å²) in [6.07, 6.45) is 2.42. The molecular formula is C13H19N5O. The van der Waals surface area contributed by atoms with E-state index in [-0.39, 0.29) is 6.04 Å². The van der Waals surface area contributed by atoms with Crippen LogP contribution >= 0.6 is 0 Å². The maximum atomic E-state index is 5.67. The summed E-state index contributed by atoms with van der Waals surface area (Å²) in [6, 6.07) is 5.81. The number of nitrogens with zero attached hydrogens (tertiary/aromatic N) is 3. The highest BCUT2D eigenvalue weighted by molar-refractivity contribution is 5.30. The Morgan fingerprint density at radius 2 is 2.32 bits per heavy atom. The maximum absolute atomic E-state index is 5.67. The number of hydrogen-bond donors (Lipinski definition) is 2. The standard InChI is InChI=1S/C13H19N5O/c1-9-7-10(18(2)17-9)8-12(16-14)11-5-4-6-15-13(11)19-3/h4-7,12,16H,8,14H2,1-3H3. The second-order valence-electron chi connectivity index (χ2n) is 4.43. The van der Waals surface area contributed by atoms with E-state index in [0.717, 1.165) is 23.4 Å². The van der Waals surface area contributed by atoms with E-state index in [0.29, 0.717) is 5.88 Å². The average Bonchev–Trinajstić information content (AvgIpc) is 2.74. The number of methoxy groups -OCH3 is 1. The van der Waals surface area contributed by atoms with Gasteiger partial charge in [0.1, 0.15) is 0 Å². The molecule has 2 aromatic heterocycles. The molecule has 102 valence electrons. The predicted molar refractivity (Wildman–Crippen MR) is 72.5 cm³/mol. The summed E-state index contributed by atoms with van der Waals surface area (Å²) in [5.41, 5.74) is 5.85. The second-order valence-corrected chi connectivity index (χ2v) is 4.43. The summed E-state index contributed by atoms with van der Waals surface area (Å²) in [7, 11) is 3.53. The Kier molecular flexibility index (Phi) is 4.13. The van der Waals surface area contributed by atoms with Crippen molar-refractivity contribution >= 4 is 0 Å². The molecular weight excluding hydrogens is 242 g/mol. The molecule has 6 nitrogen and oxygen atoms in total. The van der Waals surface area contributed by atoms with Gasteiger partial charge in [0.05, 0.1) is 18.8 Å². The molecule has 0 fully saturated rings. The van der Waals surface area contributed by atoms with Gasteiger partial charge in [0.2, 0.25) is 5.88 Å². The first-order chi connectivity index (χ1) is 9.15. The van der Waals surface area contributed by atoms with E-state index in [4.69, 9.17) is 10.6 Å². The molecule has 2 heterocycles. The lowest BCUT2D eigenvalue weighted by atomic mass is 10.0. The minimum Gasteiger partial charge on any atom is -0.481 e. The molecule has 0 aliphatic rings. The number of aryl methyl sites for hydroxylation is 2. The molecule has 0 aliphatic heterocycles. The van der Waals surface area contributed by atoms with Gasteiger partial charge in [-0.2, -0.15) is 5.10 Å². The largest absolute Gasteiger partial charge is 0.481 e. The third-order valence-electron chi connectivity index (χ3n) is 3.08. The summed E-state index contributed by atoms with van der Waals surface area (Å²) in [5.74, 6) is 6.26. The normalized spacial score (nSPS) is 12.4. The lowest BCUT2D eigenvalue weighted by Crippen LogP contribution is -2.30. The first-order valence-electron chi connectivity index (χ1n) is 6.10. The van der Waals surface area contributed by atoms with E-state index in [1.54, 1.807) is 13.3 Å². The third kappa shape index (κ3) is 2.91. The van der Waals surface area contributed by atoms with Gasteiger partial charge in [-0.3, -0.25) is 16.0 Å². The van der Waals surface area contributed by atoms with Gasteiger partial charge in [-0.15, -0.1) is 0 Å². The van der Waals surface area contributed by atoms with Crippen LogP contribution in [0.3, 0.4) is 0 Å². The number of nitrogens with two attached hydrogens (primary N) is 1. The summed E-state index contributed by atoms with van der Waals surface area (Å²) in [6.45, 7) is 1.97. The Morgan fingerprint density at radius 1 is 1.53 bits per heavy atom. The van der Waals surface area contributed by atoms with Crippen LogP contribution in [-0.4, -0.2) is 21.9 Å². The van der Waals surface area contributed by atoms with Crippen LogP contribution in [0.4, 0.5) is 0 Å². The van der Waals surface area contributed by atoms with Crippen molar-refractivity contribution in [3.05, 3.63) is 41.3 Å². The Bertz CT molecular complexity index is 552. The molecule has 2 rings (SSSR count). The van der Waals surface area contributed by atoms with E-state index < -0.39 is 0 Å². The van der Waals surface area contributed by atoms with Gasteiger partial charge < -0.3 is 4.74 Å². The fourth-order valence-corrected chi connectivity index (χ4v) is 2.16. The van der Waals surface area contributed by atoms with Crippen LogP contribution < -0.4 is 16.0 Å². The van der Waals surface area contributed by atoms with Gasteiger partial charge in [0, 0.05) is 30.9 Å². The van der Waals surface area contributed by atoms with Crippen LogP contribution in [0.25, 0.3) is 0 Å².